The number of rotatable bonds is 9. The first-order chi connectivity index (χ1) is 15.3. The standard InChI is InChI=1S/C25H29NO6/c1-6-29-19-10-8-18(9-11-19)26-17(5)24(25(28)30-7-2)21-14-20(12-13-22(21)26)31-15-23(27)32-16(3)4/h8-14,16H,6-7,15H2,1-5H3. The maximum Gasteiger partial charge on any atom is 0.344 e. The van der Waals surface area contributed by atoms with Gasteiger partial charge in [0.1, 0.15) is 11.5 Å². The summed E-state index contributed by atoms with van der Waals surface area (Å²) in [5.74, 6) is 0.387. The lowest BCUT2D eigenvalue weighted by Crippen LogP contribution is -2.18. The number of aromatic nitrogens is 1. The summed E-state index contributed by atoms with van der Waals surface area (Å²) in [6, 6.07) is 13.1. The Hall–Kier alpha value is -3.48. The fourth-order valence-electron chi connectivity index (χ4n) is 3.58. The summed E-state index contributed by atoms with van der Waals surface area (Å²) < 4.78 is 23.6. The minimum Gasteiger partial charge on any atom is -0.494 e. The Morgan fingerprint density at radius 3 is 2.25 bits per heavy atom. The third kappa shape index (κ3) is 5.04. The third-order valence-corrected chi connectivity index (χ3v) is 4.78. The number of carbonyl (C=O) groups is 2. The second kappa shape index (κ2) is 10.2. The molecule has 7 nitrogen and oxygen atoms in total. The highest BCUT2D eigenvalue weighted by Crippen LogP contribution is 2.33. The predicted molar refractivity (Wildman–Crippen MR) is 122 cm³/mol. The minimum absolute atomic E-state index is 0.211. The lowest BCUT2D eigenvalue weighted by atomic mass is 10.1. The maximum absolute atomic E-state index is 12.8. The van der Waals surface area contributed by atoms with Crippen molar-refractivity contribution in [1.29, 1.82) is 0 Å². The van der Waals surface area contributed by atoms with Crippen LogP contribution >= 0.6 is 0 Å². The van der Waals surface area contributed by atoms with Gasteiger partial charge in [0.05, 0.1) is 30.4 Å². The average molecular weight is 440 g/mol. The fraction of sp³-hybridized carbons (Fsp3) is 0.360. The van der Waals surface area contributed by atoms with Crippen molar-refractivity contribution in [3.05, 3.63) is 53.7 Å². The van der Waals surface area contributed by atoms with Crippen LogP contribution in [0.25, 0.3) is 16.6 Å². The molecule has 0 saturated carbocycles. The zero-order valence-electron chi connectivity index (χ0n) is 19.1. The molecule has 2 aromatic carbocycles. The van der Waals surface area contributed by atoms with E-state index in [1.165, 1.54) is 0 Å². The first-order valence-electron chi connectivity index (χ1n) is 10.7. The van der Waals surface area contributed by atoms with Crippen LogP contribution in [-0.4, -0.2) is 42.4 Å². The molecule has 0 radical (unpaired) electrons. The van der Waals surface area contributed by atoms with Crippen molar-refractivity contribution in [1.82, 2.24) is 4.57 Å². The molecule has 0 fully saturated rings. The van der Waals surface area contributed by atoms with E-state index >= 15 is 0 Å². The second-order valence-electron chi connectivity index (χ2n) is 7.45. The zero-order chi connectivity index (χ0) is 23.3. The molecular formula is C25H29NO6. The molecule has 32 heavy (non-hydrogen) atoms. The minimum atomic E-state index is -0.450. The highest BCUT2D eigenvalue weighted by molar-refractivity contribution is 6.07. The van der Waals surface area contributed by atoms with Crippen molar-refractivity contribution in [3.63, 3.8) is 0 Å². The molecule has 3 rings (SSSR count). The van der Waals surface area contributed by atoms with Crippen LogP contribution < -0.4 is 9.47 Å². The largest absolute Gasteiger partial charge is 0.494 e. The Labute approximate surface area is 187 Å². The number of hydrogen-bond acceptors (Lipinski definition) is 6. The normalized spacial score (nSPS) is 10.9. The van der Waals surface area contributed by atoms with Crippen molar-refractivity contribution >= 4 is 22.8 Å². The summed E-state index contributed by atoms with van der Waals surface area (Å²) >= 11 is 0. The SMILES string of the molecule is CCOC(=O)c1c(C)n(-c2ccc(OCC)cc2)c2ccc(OCC(=O)OC(C)C)cc12. The van der Waals surface area contributed by atoms with E-state index in [1.807, 2.05) is 48.7 Å². The van der Waals surface area contributed by atoms with Crippen molar-refractivity contribution < 1.29 is 28.5 Å². The van der Waals surface area contributed by atoms with Gasteiger partial charge in [-0.15, -0.1) is 0 Å². The first-order valence-corrected chi connectivity index (χ1v) is 10.7. The number of ether oxygens (including phenoxy) is 4. The molecule has 1 aromatic heterocycles. The quantitative estimate of drug-likeness (QED) is 0.444. The van der Waals surface area contributed by atoms with Gasteiger partial charge in [-0.2, -0.15) is 0 Å². The van der Waals surface area contributed by atoms with Gasteiger partial charge in [-0.25, -0.2) is 9.59 Å². The van der Waals surface area contributed by atoms with Crippen molar-refractivity contribution in [2.24, 2.45) is 0 Å². The molecule has 0 aliphatic rings. The van der Waals surface area contributed by atoms with Crippen LogP contribution in [0.15, 0.2) is 42.5 Å². The van der Waals surface area contributed by atoms with E-state index in [0.29, 0.717) is 23.3 Å². The van der Waals surface area contributed by atoms with Crippen LogP contribution in [0.4, 0.5) is 0 Å². The zero-order valence-corrected chi connectivity index (χ0v) is 19.1. The van der Waals surface area contributed by atoms with E-state index < -0.39 is 11.9 Å². The average Bonchev–Trinajstić information content (AvgIpc) is 3.04. The van der Waals surface area contributed by atoms with Crippen LogP contribution in [0.5, 0.6) is 11.5 Å². The van der Waals surface area contributed by atoms with Crippen molar-refractivity contribution in [3.8, 4) is 17.2 Å². The number of benzene rings is 2. The number of hydrogen-bond donors (Lipinski definition) is 0. The molecule has 0 unspecified atom stereocenters. The first kappa shape index (κ1) is 23.2. The van der Waals surface area contributed by atoms with Gasteiger partial charge in [0.15, 0.2) is 6.61 Å². The van der Waals surface area contributed by atoms with Crippen LogP contribution in [-0.2, 0) is 14.3 Å². The number of carbonyl (C=O) groups excluding carboxylic acids is 2. The third-order valence-electron chi connectivity index (χ3n) is 4.78. The monoisotopic (exact) mass is 439 g/mol. The molecule has 1 heterocycles. The Morgan fingerprint density at radius 2 is 1.62 bits per heavy atom. The smallest absolute Gasteiger partial charge is 0.344 e. The van der Waals surface area contributed by atoms with Gasteiger partial charge in [-0.3, -0.25) is 0 Å². The lowest BCUT2D eigenvalue weighted by Gasteiger charge is -2.11. The van der Waals surface area contributed by atoms with Crippen molar-refractivity contribution in [2.45, 2.75) is 40.7 Å². The van der Waals surface area contributed by atoms with E-state index in [0.717, 1.165) is 22.6 Å². The Morgan fingerprint density at radius 1 is 0.938 bits per heavy atom. The van der Waals surface area contributed by atoms with Gasteiger partial charge in [0.25, 0.3) is 0 Å². The predicted octanol–water partition coefficient (Wildman–Crippen LogP) is 4.84. The second-order valence-corrected chi connectivity index (χ2v) is 7.45. The van der Waals surface area contributed by atoms with E-state index in [2.05, 4.69) is 0 Å². The lowest BCUT2D eigenvalue weighted by molar-refractivity contribution is -0.149. The molecular weight excluding hydrogens is 410 g/mol. The van der Waals surface area contributed by atoms with Gasteiger partial charge < -0.3 is 23.5 Å². The molecule has 0 spiro atoms. The molecule has 0 aliphatic heterocycles. The van der Waals surface area contributed by atoms with Crippen LogP contribution in [0.2, 0.25) is 0 Å². The van der Waals surface area contributed by atoms with Gasteiger partial charge in [0.2, 0.25) is 0 Å². The van der Waals surface area contributed by atoms with Crippen molar-refractivity contribution in [2.75, 3.05) is 19.8 Å². The molecule has 0 amide bonds. The molecule has 0 aliphatic carbocycles. The topological polar surface area (TPSA) is 76.0 Å². The van der Waals surface area contributed by atoms with Crippen LogP contribution in [0.3, 0.4) is 0 Å². The Balaban J connectivity index is 2.03. The molecule has 0 N–H and O–H groups in total. The molecule has 7 heteroatoms. The highest BCUT2D eigenvalue weighted by atomic mass is 16.6. The molecule has 0 saturated heterocycles. The molecule has 0 atom stereocenters. The summed E-state index contributed by atoms with van der Waals surface area (Å²) in [5, 5.41) is 0.685. The van der Waals surface area contributed by atoms with E-state index in [9.17, 15) is 9.59 Å². The van der Waals surface area contributed by atoms with Crippen LogP contribution in [0, 0.1) is 6.92 Å². The molecule has 0 bridgehead atoms. The molecule has 170 valence electrons. The summed E-state index contributed by atoms with van der Waals surface area (Å²) in [6.07, 6.45) is -0.213. The van der Waals surface area contributed by atoms with Gasteiger partial charge in [-0.05, 0) is 77.1 Å². The fourth-order valence-corrected chi connectivity index (χ4v) is 3.58. The molecule has 3 aromatic rings. The Kier molecular flexibility index (Phi) is 7.41. The van der Waals surface area contributed by atoms with Gasteiger partial charge >= 0.3 is 11.9 Å². The number of nitrogens with zero attached hydrogens (tertiary/aromatic N) is 1. The summed E-state index contributed by atoms with van der Waals surface area (Å²) in [7, 11) is 0. The van der Waals surface area contributed by atoms with Gasteiger partial charge in [-0.1, -0.05) is 0 Å². The Bertz CT molecular complexity index is 1100. The summed E-state index contributed by atoms with van der Waals surface area (Å²) in [4.78, 5) is 24.6. The van der Waals surface area contributed by atoms with E-state index in [1.54, 1.807) is 32.9 Å². The summed E-state index contributed by atoms with van der Waals surface area (Å²) in [6.45, 7) is 9.79. The highest BCUT2D eigenvalue weighted by Gasteiger charge is 2.22. The van der Waals surface area contributed by atoms with Gasteiger partial charge in [0, 0.05) is 16.8 Å². The van der Waals surface area contributed by atoms with E-state index in [-0.39, 0.29) is 19.3 Å². The summed E-state index contributed by atoms with van der Waals surface area (Å²) in [5.41, 5.74) is 2.93. The maximum atomic E-state index is 12.8. The van der Waals surface area contributed by atoms with E-state index in [4.69, 9.17) is 18.9 Å². The number of fused-ring (bicyclic) bond motifs is 1. The number of esters is 2. The van der Waals surface area contributed by atoms with Crippen LogP contribution in [0.1, 0.15) is 43.7 Å².